The van der Waals surface area contributed by atoms with E-state index in [1.54, 1.807) is 7.11 Å². The topological polar surface area (TPSA) is 29.5 Å². The van der Waals surface area contributed by atoms with Gasteiger partial charge < -0.3 is 9.64 Å². The Morgan fingerprint density at radius 3 is 2.41 bits per heavy atom. The first-order chi connectivity index (χ1) is 10.7. The van der Waals surface area contributed by atoms with Crippen LogP contribution in [-0.2, 0) is 11.2 Å². The second kappa shape index (κ2) is 6.95. The molecule has 0 N–H and O–H groups in total. The van der Waals surface area contributed by atoms with Gasteiger partial charge in [0.25, 0.3) is 0 Å². The average molecular weight is 319 g/mol. The van der Waals surface area contributed by atoms with Crippen LogP contribution in [0, 0.1) is 0 Å². The highest BCUT2D eigenvalue weighted by Crippen LogP contribution is 2.39. The van der Waals surface area contributed by atoms with E-state index in [2.05, 4.69) is 23.3 Å². The van der Waals surface area contributed by atoms with E-state index in [-0.39, 0.29) is 0 Å². The summed E-state index contributed by atoms with van der Waals surface area (Å²) in [5.41, 5.74) is 1.21. The van der Waals surface area contributed by atoms with Crippen LogP contribution < -0.4 is 4.74 Å². The van der Waals surface area contributed by atoms with E-state index in [0.717, 1.165) is 17.4 Å². The number of amides is 1. The third-order valence-electron chi connectivity index (χ3n) is 5.10. The monoisotopic (exact) mass is 319 g/mol. The van der Waals surface area contributed by atoms with Crippen molar-refractivity contribution in [2.75, 3.05) is 13.4 Å². The van der Waals surface area contributed by atoms with Crippen molar-refractivity contribution in [2.45, 2.75) is 55.9 Å². The van der Waals surface area contributed by atoms with Gasteiger partial charge in [-0.05, 0) is 56.1 Å². The largest absolute Gasteiger partial charge is 0.497 e. The van der Waals surface area contributed by atoms with Gasteiger partial charge in [0.05, 0.1) is 7.11 Å². The first-order valence-electron chi connectivity index (χ1n) is 8.18. The van der Waals surface area contributed by atoms with Crippen LogP contribution in [0.1, 0.15) is 37.7 Å². The molecule has 2 atom stereocenters. The molecule has 0 saturated carbocycles. The first kappa shape index (κ1) is 15.7. The maximum atomic E-state index is 12.6. The third-order valence-corrected chi connectivity index (χ3v) is 6.15. The van der Waals surface area contributed by atoms with Crippen molar-refractivity contribution in [3.8, 4) is 5.75 Å². The minimum Gasteiger partial charge on any atom is -0.497 e. The van der Waals surface area contributed by atoms with Gasteiger partial charge in [0.15, 0.2) is 0 Å². The van der Waals surface area contributed by atoms with Crippen molar-refractivity contribution in [1.29, 1.82) is 0 Å². The minimum atomic E-state index is 0.350. The van der Waals surface area contributed by atoms with E-state index < -0.39 is 0 Å². The lowest BCUT2D eigenvalue weighted by Gasteiger charge is -2.38. The summed E-state index contributed by atoms with van der Waals surface area (Å²) in [7, 11) is 1.67. The number of ether oxygens (including phenoxy) is 1. The van der Waals surface area contributed by atoms with Crippen LogP contribution in [-0.4, -0.2) is 41.5 Å². The van der Waals surface area contributed by atoms with Crippen LogP contribution in [0.2, 0.25) is 0 Å². The lowest BCUT2D eigenvalue weighted by Crippen LogP contribution is -2.47. The Morgan fingerprint density at radius 1 is 1.23 bits per heavy atom. The van der Waals surface area contributed by atoms with Crippen molar-refractivity contribution in [2.24, 2.45) is 0 Å². The van der Waals surface area contributed by atoms with Gasteiger partial charge in [-0.1, -0.05) is 12.1 Å². The number of aryl methyl sites for hydroxylation is 1. The van der Waals surface area contributed by atoms with Crippen molar-refractivity contribution in [3.63, 3.8) is 0 Å². The Morgan fingerprint density at radius 2 is 1.86 bits per heavy atom. The summed E-state index contributed by atoms with van der Waals surface area (Å²) in [6.45, 7) is 0. The zero-order chi connectivity index (χ0) is 15.5. The molecule has 2 heterocycles. The van der Waals surface area contributed by atoms with Gasteiger partial charge in [0, 0.05) is 23.8 Å². The molecule has 3 nitrogen and oxygen atoms in total. The summed E-state index contributed by atoms with van der Waals surface area (Å²) in [4.78, 5) is 14.9. The number of thioether (sulfide) groups is 1. The lowest BCUT2D eigenvalue weighted by atomic mass is 10.0. The van der Waals surface area contributed by atoms with Gasteiger partial charge in [-0.25, -0.2) is 0 Å². The Labute approximate surface area is 137 Å². The summed E-state index contributed by atoms with van der Waals surface area (Å²) < 4.78 is 5.17. The second-order valence-corrected chi connectivity index (χ2v) is 7.50. The molecular weight excluding hydrogens is 294 g/mol. The molecule has 0 radical (unpaired) electrons. The molecule has 1 aromatic carbocycles. The van der Waals surface area contributed by atoms with E-state index in [0.29, 0.717) is 24.4 Å². The fraction of sp³-hybridized carbons (Fsp3) is 0.611. The zero-order valence-corrected chi connectivity index (χ0v) is 14.3. The van der Waals surface area contributed by atoms with E-state index >= 15 is 0 Å². The summed E-state index contributed by atoms with van der Waals surface area (Å²) >= 11 is 1.97. The van der Waals surface area contributed by atoms with Gasteiger partial charge >= 0.3 is 0 Å². The van der Waals surface area contributed by atoms with Crippen LogP contribution >= 0.6 is 11.8 Å². The summed E-state index contributed by atoms with van der Waals surface area (Å²) in [5.74, 6) is 1.22. The predicted molar refractivity (Wildman–Crippen MR) is 91.5 cm³/mol. The molecule has 0 spiro atoms. The number of carbonyl (C=O) groups is 1. The quantitative estimate of drug-likeness (QED) is 0.832. The highest BCUT2D eigenvalue weighted by Gasteiger charge is 2.42. The van der Waals surface area contributed by atoms with Crippen molar-refractivity contribution in [3.05, 3.63) is 29.8 Å². The van der Waals surface area contributed by atoms with Crippen LogP contribution in [0.15, 0.2) is 24.3 Å². The van der Waals surface area contributed by atoms with E-state index in [1.165, 1.54) is 31.2 Å². The molecule has 2 unspecified atom stereocenters. The number of rotatable bonds is 5. The summed E-state index contributed by atoms with van der Waals surface area (Å²) in [6.07, 6.45) is 8.43. The number of hydrogen-bond acceptors (Lipinski definition) is 3. The maximum Gasteiger partial charge on any atom is 0.223 e. The average Bonchev–Trinajstić information content (AvgIpc) is 2.83. The van der Waals surface area contributed by atoms with Crippen LogP contribution in [0.4, 0.5) is 0 Å². The molecule has 4 heteroatoms. The van der Waals surface area contributed by atoms with Crippen molar-refractivity contribution < 1.29 is 9.53 Å². The SMILES string of the molecule is COc1ccc(CCC(=O)N2C3CCC2CC(SC)C3)cc1. The van der Waals surface area contributed by atoms with E-state index in [9.17, 15) is 4.79 Å². The van der Waals surface area contributed by atoms with E-state index in [1.807, 2.05) is 23.9 Å². The van der Waals surface area contributed by atoms with E-state index in [4.69, 9.17) is 4.74 Å². The number of methoxy groups -OCH3 is 1. The van der Waals surface area contributed by atoms with Gasteiger partial charge in [0.1, 0.15) is 5.75 Å². The highest BCUT2D eigenvalue weighted by molar-refractivity contribution is 7.99. The fourth-order valence-corrected chi connectivity index (χ4v) is 4.73. The Kier molecular flexibility index (Phi) is 4.97. The van der Waals surface area contributed by atoms with Gasteiger partial charge in [-0.2, -0.15) is 11.8 Å². The summed E-state index contributed by atoms with van der Waals surface area (Å²) in [5, 5.41) is 0.753. The molecule has 1 amide bonds. The van der Waals surface area contributed by atoms with Crippen LogP contribution in [0.5, 0.6) is 5.75 Å². The molecule has 0 aliphatic carbocycles. The molecule has 3 rings (SSSR count). The van der Waals surface area contributed by atoms with Gasteiger partial charge in [-0.15, -0.1) is 0 Å². The number of piperidine rings is 1. The van der Waals surface area contributed by atoms with Crippen LogP contribution in [0.3, 0.4) is 0 Å². The molecule has 2 saturated heterocycles. The van der Waals surface area contributed by atoms with Crippen molar-refractivity contribution >= 4 is 17.7 Å². The molecule has 2 aliphatic rings. The number of hydrogen-bond donors (Lipinski definition) is 0. The lowest BCUT2D eigenvalue weighted by molar-refractivity contribution is -0.135. The molecule has 0 aromatic heterocycles. The second-order valence-electron chi connectivity index (χ2n) is 6.36. The molecule has 120 valence electrons. The summed E-state index contributed by atoms with van der Waals surface area (Å²) in [6, 6.07) is 9.04. The normalized spacial score (nSPS) is 27.0. The predicted octanol–water partition coefficient (Wildman–Crippen LogP) is 3.51. The first-order valence-corrected chi connectivity index (χ1v) is 9.47. The van der Waals surface area contributed by atoms with Gasteiger partial charge in [-0.3, -0.25) is 4.79 Å². The number of nitrogens with zero attached hydrogens (tertiary/aromatic N) is 1. The maximum absolute atomic E-state index is 12.6. The number of benzene rings is 1. The molecule has 1 aromatic rings. The van der Waals surface area contributed by atoms with Crippen molar-refractivity contribution in [1.82, 2.24) is 4.90 Å². The molecule has 2 fully saturated rings. The fourth-order valence-electron chi connectivity index (χ4n) is 3.90. The zero-order valence-electron chi connectivity index (χ0n) is 13.5. The minimum absolute atomic E-state index is 0.350. The Hall–Kier alpha value is -1.16. The standard InChI is InChI=1S/C18H25NO2S/c1-21-16-8-3-13(4-9-16)5-10-18(20)19-14-6-7-15(19)12-17(11-14)22-2/h3-4,8-9,14-15,17H,5-7,10-12H2,1-2H3. The van der Waals surface area contributed by atoms with Crippen LogP contribution in [0.25, 0.3) is 0 Å². The smallest absolute Gasteiger partial charge is 0.223 e. The molecule has 22 heavy (non-hydrogen) atoms. The Bertz CT molecular complexity index is 502. The molecule has 2 aliphatic heterocycles. The molecule has 2 bridgehead atoms. The highest BCUT2D eigenvalue weighted by atomic mass is 32.2. The Balaban J connectivity index is 1.56. The van der Waals surface area contributed by atoms with Gasteiger partial charge in [0.2, 0.25) is 5.91 Å². The number of carbonyl (C=O) groups excluding carboxylic acids is 1. The number of fused-ring (bicyclic) bond motifs is 2. The third kappa shape index (κ3) is 3.27. The molecular formula is C18H25NO2S.